The van der Waals surface area contributed by atoms with Crippen LogP contribution in [0.5, 0.6) is 5.75 Å². The molecule has 2 unspecified atom stereocenters. The van der Waals surface area contributed by atoms with Crippen LogP contribution < -0.4 is 10.1 Å². The van der Waals surface area contributed by atoms with Crippen molar-refractivity contribution < 1.29 is 14.3 Å². The van der Waals surface area contributed by atoms with Crippen LogP contribution in [0.15, 0.2) is 48.5 Å². The molecule has 3 rings (SSSR count). The third-order valence-corrected chi connectivity index (χ3v) is 4.21. The topological polar surface area (TPSA) is 55.4 Å². The standard InChI is InChI=1S/C19H19NO3/c1-12(21)14-4-3-5-15(10-14)20-19(22)18-11-17(18)13-6-8-16(23-2)9-7-13/h3-10,17-18H,11H2,1-2H3,(H,20,22). The lowest BCUT2D eigenvalue weighted by Crippen LogP contribution is -2.14. The second-order valence-electron chi connectivity index (χ2n) is 5.85. The normalized spacial score (nSPS) is 19.0. The smallest absolute Gasteiger partial charge is 0.228 e. The number of ketones is 1. The fraction of sp³-hybridized carbons (Fsp3) is 0.263. The Balaban J connectivity index is 1.64. The highest BCUT2D eigenvalue weighted by atomic mass is 16.5. The van der Waals surface area contributed by atoms with Gasteiger partial charge < -0.3 is 10.1 Å². The molecule has 1 aliphatic carbocycles. The fourth-order valence-corrected chi connectivity index (χ4v) is 2.76. The number of hydrogen-bond donors (Lipinski definition) is 1. The van der Waals surface area contributed by atoms with Crippen LogP contribution in [-0.2, 0) is 4.79 Å². The molecular weight excluding hydrogens is 290 g/mol. The van der Waals surface area contributed by atoms with Gasteiger partial charge in [-0.1, -0.05) is 24.3 Å². The second-order valence-corrected chi connectivity index (χ2v) is 5.85. The largest absolute Gasteiger partial charge is 0.497 e. The van der Waals surface area contributed by atoms with Crippen molar-refractivity contribution in [3.05, 3.63) is 59.7 Å². The quantitative estimate of drug-likeness (QED) is 0.858. The Morgan fingerprint density at radius 1 is 1.13 bits per heavy atom. The summed E-state index contributed by atoms with van der Waals surface area (Å²) in [6.07, 6.45) is 0.852. The fourth-order valence-electron chi connectivity index (χ4n) is 2.76. The summed E-state index contributed by atoms with van der Waals surface area (Å²) < 4.78 is 5.15. The Bertz CT molecular complexity index is 737. The molecule has 0 spiro atoms. The highest BCUT2D eigenvalue weighted by Crippen LogP contribution is 2.48. The molecule has 0 bridgehead atoms. The molecule has 23 heavy (non-hydrogen) atoms. The number of rotatable bonds is 5. The van der Waals surface area contributed by atoms with Gasteiger partial charge in [0.25, 0.3) is 0 Å². The lowest BCUT2D eigenvalue weighted by Gasteiger charge is -2.07. The maximum absolute atomic E-state index is 12.3. The van der Waals surface area contributed by atoms with E-state index in [4.69, 9.17) is 4.74 Å². The zero-order valence-electron chi connectivity index (χ0n) is 13.2. The molecule has 1 aliphatic rings. The van der Waals surface area contributed by atoms with Crippen molar-refractivity contribution in [1.29, 1.82) is 0 Å². The van der Waals surface area contributed by atoms with Crippen LogP contribution in [0.1, 0.15) is 35.2 Å². The van der Waals surface area contributed by atoms with E-state index in [0.29, 0.717) is 11.3 Å². The Morgan fingerprint density at radius 3 is 2.52 bits per heavy atom. The van der Waals surface area contributed by atoms with E-state index in [1.54, 1.807) is 31.4 Å². The number of nitrogens with one attached hydrogen (secondary N) is 1. The Morgan fingerprint density at radius 2 is 1.87 bits per heavy atom. The lowest BCUT2D eigenvalue weighted by atomic mass is 10.1. The van der Waals surface area contributed by atoms with Gasteiger partial charge in [-0.25, -0.2) is 0 Å². The molecule has 2 aromatic rings. The van der Waals surface area contributed by atoms with Crippen LogP contribution in [0.4, 0.5) is 5.69 Å². The van der Waals surface area contributed by atoms with Gasteiger partial charge in [0.05, 0.1) is 7.11 Å². The number of amides is 1. The highest BCUT2D eigenvalue weighted by Gasteiger charge is 2.43. The summed E-state index contributed by atoms with van der Waals surface area (Å²) in [5.41, 5.74) is 2.43. The van der Waals surface area contributed by atoms with E-state index in [-0.39, 0.29) is 23.5 Å². The average Bonchev–Trinajstić information content (AvgIpc) is 3.36. The molecule has 4 nitrogen and oxygen atoms in total. The first-order valence-corrected chi connectivity index (χ1v) is 7.64. The van der Waals surface area contributed by atoms with E-state index in [9.17, 15) is 9.59 Å². The maximum atomic E-state index is 12.3. The van der Waals surface area contributed by atoms with Crippen molar-refractivity contribution in [3.8, 4) is 5.75 Å². The summed E-state index contributed by atoms with van der Waals surface area (Å²) in [6, 6.07) is 14.9. The zero-order chi connectivity index (χ0) is 16.4. The number of carbonyl (C=O) groups is 2. The van der Waals surface area contributed by atoms with Gasteiger partial charge in [-0.2, -0.15) is 0 Å². The van der Waals surface area contributed by atoms with Crippen molar-refractivity contribution in [3.63, 3.8) is 0 Å². The summed E-state index contributed by atoms with van der Waals surface area (Å²) in [4.78, 5) is 23.7. The van der Waals surface area contributed by atoms with Crippen LogP contribution in [0, 0.1) is 5.92 Å². The van der Waals surface area contributed by atoms with Crippen molar-refractivity contribution in [2.24, 2.45) is 5.92 Å². The Kier molecular flexibility index (Phi) is 4.15. The molecule has 4 heteroatoms. The summed E-state index contributed by atoms with van der Waals surface area (Å²) in [6.45, 7) is 1.52. The van der Waals surface area contributed by atoms with Crippen LogP contribution in [0.3, 0.4) is 0 Å². The van der Waals surface area contributed by atoms with Gasteiger partial charge in [-0.05, 0) is 49.1 Å². The summed E-state index contributed by atoms with van der Waals surface area (Å²) in [7, 11) is 1.64. The van der Waals surface area contributed by atoms with E-state index in [2.05, 4.69) is 5.32 Å². The molecular formula is C19H19NO3. The number of benzene rings is 2. The number of ether oxygens (including phenoxy) is 1. The van der Waals surface area contributed by atoms with Gasteiger partial charge in [0, 0.05) is 17.2 Å². The minimum Gasteiger partial charge on any atom is -0.497 e. The van der Waals surface area contributed by atoms with Crippen molar-refractivity contribution >= 4 is 17.4 Å². The third-order valence-electron chi connectivity index (χ3n) is 4.21. The molecule has 0 heterocycles. The maximum Gasteiger partial charge on any atom is 0.228 e. The first-order chi connectivity index (χ1) is 11.1. The predicted molar refractivity (Wildman–Crippen MR) is 88.9 cm³/mol. The van der Waals surface area contributed by atoms with Crippen LogP contribution in [-0.4, -0.2) is 18.8 Å². The van der Waals surface area contributed by atoms with Crippen LogP contribution in [0.25, 0.3) is 0 Å². The second kappa shape index (κ2) is 6.24. The predicted octanol–water partition coefficient (Wildman–Crippen LogP) is 3.64. The first kappa shape index (κ1) is 15.3. The lowest BCUT2D eigenvalue weighted by molar-refractivity contribution is -0.117. The number of anilines is 1. The number of hydrogen-bond acceptors (Lipinski definition) is 3. The van der Waals surface area contributed by atoms with E-state index in [1.165, 1.54) is 6.92 Å². The molecule has 1 fully saturated rings. The number of carbonyl (C=O) groups excluding carboxylic acids is 2. The Labute approximate surface area is 135 Å². The van der Waals surface area contributed by atoms with E-state index in [0.717, 1.165) is 17.7 Å². The molecule has 2 aromatic carbocycles. The molecule has 0 aromatic heterocycles. The van der Waals surface area contributed by atoms with Gasteiger partial charge in [0.1, 0.15) is 5.75 Å². The van der Waals surface area contributed by atoms with Crippen LogP contribution in [0.2, 0.25) is 0 Å². The molecule has 1 N–H and O–H groups in total. The van der Waals surface area contributed by atoms with E-state index in [1.807, 2.05) is 24.3 Å². The first-order valence-electron chi connectivity index (χ1n) is 7.64. The van der Waals surface area contributed by atoms with Crippen LogP contribution >= 0.6 is 0 Å². The minimum absolute atomic E-state index is 0.00604. The van der Waals surface area contributed by atoms with Crippen molar-refractivity contribution in [2.75, 3.05) is 12.4 Å². The Hall–Kier alpha value is -2.62. The molecule has 1 saturated carbocycles. The van der Waals surface area contributed by atoms with Gasteiger partial charge in [-0.3, -0.25) is 9.59 Å². The number of Topliss-reactive ketones (excluding diaryl/α,β-unsaturated/α-hetero) is 1. The highest BCUT2D eigenvalue weighted by molar-refractivity contribution is 5.98. The monoisotopic (exact) mass is 309 g/mol. The third kappa shape index (κ3) is 3.42. The van der Waals surface area contributed by atoms with Gasteiger partial charge in [0.2, 0.25) is 5.91 Å². The number of methoxy groups -OCH3 is 1. The van der Waals surface area contributed by atoms with Crippen molar-refractivity contribution in [1.82, 2.24) is 0 Å². The van der Waals surface area contributed by atoms with Gasteiger partial charge in [-0.15, -0.1) is 0 Å². The molecule has 1 amide bonds. The average molecular weight is 309 g/mol. The molecule has 0 radical (unpaired) electrons. The van der Waals surface area contributed by atoms with Gasteiger partial charge >= 0.3 is 0 Å². The van der Waals surface area contributed by atoms with Crippen molar-refractivity contribution in [2.45, 2.75) is 19.3 Å². The molecule has 0 saturated heterocycles. The van der Waals surface area contributed by atoms with E-state index >= 15 is 0 Å². The molecule has 0 aliphatic heterocycles. The minimum atomic E-state index is -0.0105. The van der Waals surface area contributed by atoms with Gasteiger partial charge in [0.15, 0.2) is 5.78 Å². The summed E-state index contributed by atoms with van der Waals surface area (Å²) in [5, 5.41) is 2.91. The SMILES string of the molecule is COc1ccc(C2CC2C(=O)Nc2cccc(C(C)=O)c2)cc1. The summed E-state index contributed by atoms with van der Waals surface area (Å²) in [5.74, 6) is 1.06. The summed E-state index contributed by atoms with van der Waals surface area (Å²) >= 11 is 0. The zero-order valence-corrected chi connectivity index (χ0v) is 13.2. The molecule has 2 atom stereocenters. The van der Waals surface area contributed by atoms with E-state index < -0.39 is 0 Å². The molecule has 118 valence electrons.